The van der Waals surface area contributed by atoms with Gasteiger partial charge in [0.25, 0.3) is 0 Å². The first-order chi connectivity index (χ1) is 8.78. The van der Waals surface area contributed by atoms with E-state index in [1.54, 1.807) is 7.11 Å². The number of methoxy groups -OCH3 is 1. The number of hydrogen-bond acceptors (Lipinski definition) is 2. The van der Waals surface area contributed by atoms with Crippen molar-refractivity contribution < 1.29 is 4.74 Å². The van der Waals surface area contributed by atoms with Crippen molar-refractivity contribution in [2.75, 3.05) is 7.11 Å². The molecular weight excluding hydrogens is 292 g/mol. The van der Waals surface area contributed by atoms with Crippen LogP contribution in [0.25, 0.3) is 16.7 Å². The number of benzene rings is 2. The summed E-state index contributed by atoms with van der Waals surface area (Å²) in [5.41, 5.74) is 3.07. The van der Waals surface area contributed by atoms with Gasteiger partial charge in [0.2, 0.25) is 0 Å². The lowest BCUT2D eigenvalue weighted by Crippen LogP contribution is -1.91. The van der Waals surface area contributed by atoms with E-state index in [1.165, 1.54) is 0 Å². The molecule has 0 amide bonds. The third-order valence-electron chi connectivity index (χ3n) is 2.86. The second-order valence-corrected chi connectivity index (χ2v) is 4.86. The van der Waals surface area contributed by atoms with E-state index < -0.39 is 0 Å². The molecule has 0 saturated carbocycles. The molecule has 3 aromatic rings. The number of hydrogen-bond donors (Lipinski definition) is 0. The Morgan fingerprint density at radius 2 is 1.89 bits per heavy atom. The summed E-state index contributed by atoms with van der Waals surface area (Å²) >= 11 is 3.44. The number of rotatable bonds is 2. The molecule has 0 fully saturated rings. The van der Waals surface area contributed by atoms with Gasteiger partial charge in [0.05, 0.1) is 18.1 Å². The lowest BCUT2D eigenvalue weighted by atomic mass is 10.2. The molecule has 18 heavy (non-hydrogen) atoms. The second-order valence-electron chi connectivity index (χ2n) is 3.95. The number of fused-ring (bicyclic) bond motifs is 1. The molecule has 0 aliphatic carbocycles. The van der Waals surface area contributed by atoms with Crippen LogP contribution >= 0.6 is 15.9 Å². The molecule has 0 spiro atoms. The van der Waals surface area contributed by atoms with E-state index in [1.807, 2.05) is 53.4 Å². The van der Waals surface area contributed by atoms with Crippen LogP contribution in [-0.2, 0) is 0 Å². The van der Waals surface area contributed by atoms with Crippen molar-refractivity contribution >= 4 is 27.0 Å². The molecule has 1 aromatic heterocycles. The van der Waals surface area contributed by atoms with Gasteiger partial charge in [0.1, 0.15) is 12.1 Å². The summed E-state index contributed by atoms with van der Waals surface area (Å²) in [7, 11) is 1.67. The van der Waals surface area contributed by atoms with Crippen LogP contribution in [0, 0.1) is 0 Å². The molecule has 0 aliphatic heterocycles. The van der Waals surface area contributed by atoms with Gasteiger partial charge < -0.3 is 4.74 Å². The number of imidazole rings is 1. The first-order valence-electron chi connectivity index (χ1n) is 5.55. The van der Waals surface area contributed by atoms with Gasteiger partial charge in [-0.25, -0.2) is 4.98 Å². The zero-order valence-electron chi connectivity index (χ0n) is 9.80. The van der Waals surface area contributed by atoms with E-state index in [2.05, 4.69) is 20.9 Å². The third kappa shape index (κ3) is 1.88. The average molecular weight is 303 g/mol. The molecule has 0 aliphatic rings. The fraction of sp³-hybridized carbons (Fsp3) is 0.0714. The minimum absolute atomic E-state index is 0.835. The lowest BCUT2D eigenvalue weighted by Gasteiger charge is -2.05. The van der Waals surface area contributed by atoms with Gasteiger partial charge in [-0.05, 0) is 36.4 Å². The Kier molecular flexibility index (Phi) is 2.80. The highest BCUT2D eigenvalue weighted by molar-refractivity contribution is 9.10. The lowest BCUT2D eigenvalue weighted by molar-refractivity contribution is 0.415. The summed E-state index contributed by atoms with van der Waals surface area (Å²) < 4.78 is 8.36. The number of aromatic nitrogens is 2. The molecule has 3 nitrogen and oxygen atoms in total. The maximum Gasteiger partial charge on any atom is 0.121 e. The van der Waals surface area contributed by atoms with Crippen LogP contribution in [0.4, 0.5) is 0 Å². The van der Waals surface area contributed by atoms with Crippen molar-refractivity contribution in [3.63, 3.8) is 0 Å². The van der Waals surface area contributed by atoms with E-state index in [0.717, 1.165) is 26.9 Å². The molecule has 1 heterocycles. The van der Waals surface area contributed by atoms with Crippen LogP contribution in [-0.4, -0.2) is 16.7 Å². The Labute approximate surface area is 113 Å². The number of nitrogens with zero attached hydrogens (tertiary/aromatic N) is 2. The zero-order valence-corrected chi connectivity index (χ0v) is 11.4. The molecule has 0 atom stereocenters. The monoisotopic (exact) mass is 302 g/mol. The van der Waals surface area contributed by atoms with Gasteiger partial charge in [-0.2, -0.15) is 0 Å². The van der Waals surface area contributed by atoms with Gasteiger partial charge in [-0.1, -0.05) is 15.9 Å². The summed E-state index contributed by atoms with van der Waals surface area (Å²) in [6, 6.07) is 14.0. The van der Waals surface area contributed by atoms with E-state index in [4.69, 9.17) is 4.74 Å². The Bertz CT molecular complexity index is 689. The van der Waals surface area contributed by atoms with Crippen molar-refractivity contribution in [2.45, 2.75) is 0 Å². The zero-order chi connectivity index (χ0) is 12.5. The maximum absolute atomic E-state index is 5.25. The minimum atomic E-state index is 0.835. The Morgan fingerprint density at radius 1 is 1.11 bits per heavy atom. The molecule has 0 radical (unpaired) electrons. The van der Waals surface area contributed by atoms with E-state index in [0.29, 0.717) is 0 Å². The first-order valence-corrected chi connectivity index (χ1v) is 6.34. The summed E-state index contributed by atoms with van der Waals surface area (Å²) in [5.74, 6) is 0.835. The Morgan fingerprint density at radius 3 is 2.61 bits per heavy atom. The molecule has 2 aromatic carbocycles. The third-order valence-corrected chi connectivity index (χ3v) is 3.39. The molecule has 90 valence electrons. The summed E-state index contributed by atoms with van der Waals surface area (Å²) in [6.07, 6.45) is 1.83. The normalized spacial score (nSPS) is 10.8. The van der Waals surface area contributed by atoms with E-state index in [-0.39, 0.29) is 0 Å². The van der Waals surface area contributed by atoms with Gasteiger partial charge in [-0.3, -0.25) is 4.57 Å². The SMILES string of the molecule is COc1ccc2ncn(-c3ccc(Br)cc3)c2c1. The standard InChI is InChI=1S/C14H11BrN2O/c1-18-12-6-7-13-14(8-12)17(9-16-13)11-4-2-10(15)3-5-11/h2-9H,1H3. The van der Waals surface area contributed by atoms with Gasteiger partial charge in [0, 0.05) is 16.2 Å². The summed E-state index contributed by atoms with van der Waals surface area (Å²) in [5, 5.41) is 0. The number of ether oxygens (including phenoxy) is 1. The molecular formula is C14H11BrN2O. The van der Waals surface area contributed by atoms with Crippen molar-refractivity contribution in [2.24, 2.45) is 0 Å². The quantitative estimate of drug-likeness (QED) is 0.720. The van der Waals surface area contributed by atoms with Crippen LogP contribution in [0.2, 0.25) is 0 Å². The second kappa shape index (κ2) is 4.46. The van der Waals surface area contributed by atoms with Crippen LogP contribution in [0.5, 0.6) is 5.75 Å². The molecule has 0 unspecified atom stereocenters. The minimum Gasteiger partial charge on any atom is -0.497 e. The Balaban J connectivity index is 2.19. The van der Waals surface area contributed by atoms with Crippen LogP contribution in [0.3, 0.4) is 0 Å². The fourth-order valence-electron chi connectivity index (χ4n) is 1.92. The van der Waals surface area contributed by atoms with Crippen molar-refractivity contribution in [3.8, 4) is 11.4 Å². The van der Waals surface area contributed by atoms with Crippen LogP contribution < -0.4 is 4.74 Å². The molecule has 3 rings (SSSR count). The average Bonchev–Trinajstić information content (AvgIpc) is 2.82. The highest BCUT2D eigenvalue weighted by atomic mass is 79.9. The first kappa shape index (κ1) is 11.3. The molecule has 0 saturated heterocycles. The number of halogens is 1. The van der Waals surface area contributed by atoms with Gasteiger partial charge in [-0.15, -0.1) is 0 Å². The summed E-state index contributed by atoms with van der Waals surface area (Å²) in [6.45, 7) is 0. The predicted octanol–water partition coefficient (Wildman–Crippen LogP) is 3.80. The molecule has 4 heteroatoms. The Hall–Kier alpha value is -1.81. The van der Waals surface area contributed by atoms with Crippen molar-refractivity contribution in [1.29, 1.82) is 0 Å². The summed E-state index contributed by atoms with van der Waals surface area (Å²) in [4.78, 5) is 4.39. The topological polar surface area (TPSA) is 27.1 Å². The highest BCUT2D eigenvalue weighted by Crippen LogP contribution is 2.23. The maximum atomic E-state index is 5.25. The van der Waals surface area contributed by atoms with Gasteiger partial charge in [0.15, 0.2) is 0 Å². The fourth-order valence-corrected chi connectivity index (χ4v) is 2.19. The van der Waals surface area contributed by atoms with E-state index >= 15 is 0 Å². The van der Waals surface area contributed by atoms with E-state index in [9.17, 15) is 0 Å². The van der Waals surface area contributed by atoms with Crippen LogP contribution in [0.1, 0.15) is 0 Å². The van der Waals surface area contributed by atoms with Crippen molar-refractivity contribution in [3.05, 3.63) is 53.3 Å². The molecule has 0 bridgehead atoms. The predicted molar refractivity (Wildman–Crippen MR) is 75.3 cm³/mol. The largest absolute Gasteiger partial charge is 0.497 e. The molecule has 0 N–H and O–H groups in total. The van der Waals surface area contributed by atoms with Crippen LogP contribution in [0.15, 0.2) is 53.3 Å². The van der Waals surface area contributed by atoms with Crippen molar-refractivity contribution in [1.82, 2.24) is 9.55 Å². The smallest absolute Gasteiger partial charge is 0.121 e. The highest BCUT2D eigenvalue weighted by Gasteiger charge is 2.05. The van der Waals surface area contributed by atoms with Gasteiger partial charge >= 0.3 is 0 Å².